The predicted octanol–water partition coefficient (Wildman–Crippen LogP) is 3.33. The van der Waals surface area contributed by atoms with Crippen LogP contribution in [0, 0.1) is 0 Å². The highest BCUT2D eigenvalue weighted by atomic mass is 35.5. The van der Waals surface area contributed by atoms with E-state index in [1.54, 1.807) is 0 Å². The fourth-order valence-electron chi connectivity index (χ4n) is 2.00. The van der Waals surface area contributed by atoms with Gasteiger partial charge in [0.15, 0.2) is 0 Å². The number of amides is 1. The second-order valence-corrected chi connectivity index (χ2v) is 4.41. The highest BCUT2D eigenvalue weighted by Gasteiger charge is 2.13. The molecule has 0 spiro atoms. The van der Waals surface area contributed by atoms with E-state index in [9.17, 15) is 4.79 Å². The van der Waals surface area contributed by atoms with E-state index in [1.165, 1.54) is 0 Å². The molecule has 0 bridgehead atoms. The van der Waals surface area contributed by atoms with Crippen LogP contribution >= 0.6 is 12.4 Å². The van der Waals surface area contributed by atoms with E-state index in [0.717, 1.165) is 22.9 Å². The molecule has 0 saturated heterocycles. The molecule has 0 aliphatic rings. The van der Waals surface area contributed by atoms with E-state index >= 15 is 0 Å². The Kier molecular flexibility index (Phi) is 5.80. The highest BCUT2D eigenvalue weighted by molar-refractivity contribution is 6.03. The number of nitrogens with two attached hydrogens (primary N) is 1. The minimum absolute atomic E-state index is 0. The lowest BCUT2D eigenvalue weighted by molar-refractivity contribution is -0.117. The van der Waals surface area contributed by atoms with E-state index in [2.05, 4.69) is 5.32 Å². The minimum atomic E-state index is -0.436. The van der Waals surface area contributed by atoms with Crippen molar-refractivity contribution in [3.63, 3.8) is 0 Å². The molecule has 2 rings (SSSR count). The third-order valence-electron chi connectivity index (χ3n) is 2.98. The standard InChI is InChI=1S/C15H18N2O.ClH/c1-2-6-13(16)15(18)17-14-10-5-8-11-7-3-4-9-12(11)14;/h3-5,7-10,13H,2,6,16H2,1H3,(H,17,18);1H. The number of rotatable bonds is 4. The number of hydrogen-bond donors (Lipinski definition) is 2. The van der Waals surface area contributed by atoms with Gasteiger partial charge in [-0.25, -0.2) is 0 Å². The quantitative estimate of drug-likeness (QED) is 0.901. The van der Waals surface area contributed by atoms with Crippen molar-refractivity contribution in [3.8, 4) is 0 Å². The van der Waals surface area contributed by atoms with Gasteiger partial charge in [0.2, 0.25) is 5.91 Å². The molecule has 0 saturated carbocycles. The summed E-state index contributed by atoms with van der Waals surface area (Å²) >= 11 is 0. The van der Waals surface area contributed by atoms with Gasteiger partial charge in [-0.2, -0.15) is 0 Å². The molecule has 0 radical (unpaired) electrons. The summed E-state index contributed by atoms with van der Waals surface area (Å²) in [5.74, 6) is -0.117. The van der Waals surface area contributed by atoms with E-state index in [-0.39, 0.29) is 18.3 Å². The Labute approximate surface area is 119 Å². The van der Waals surface area contributed by atoms with Crippen molar-refractivity contribution in [1.29, 1.82) is 0 Å². The Morgan fingerprint density at radius 2 is 1.89 bits per heavy atom. The largest absolute Gasteiger partial charge is 0.324 e. The predicted molar refractivity (Wildman–Crippen MR) is 82.7 cm³/mol. The van der Waals surface area contributed by atoms with E-state index < -0.39 is 6.04 Å². The summed E-state index contributed by atoms with van der Waals surface area (Å²) in [5.41, 5.74) is 6.63. The van der Waals surface area contributed by atoms with Crippen molar-refractivity contribution in [3.05, 3.63) is 42.5 Å². The Hall–Kier alpha value is -1.58. The normalized spacial score (nSPS) is 11.7. The summed E-state index contributed by atoms with van der Waals surface area (Å²) in [6.07, 6.45) is 1.61. The number of halogens is 1. The van der Waals surface area contributed by atoms with Gasteiger partial charge in [-0.15, -0.1) is 12.4 Å². The Balaban J connectivity index is 0.00000180. The van der Waals surface area contributed by atoms with Crippen molar-refractivity contribution in [2.24, 2.45) is 5.73 Å². The first-order valence-corrected chi connectivity index (χ1v) is 6.26. The van der Waals surface area contributed by atoms with Gasteiger partial charge in [-0.3, -0.25) is 4.79 Å². The van der Waals surface area contributed by atoms with Crippen molar-refractivity contribution >= 4 is 34.8 Å². The smallest absolute Gasteiger partial charge is 0.241 e. The van der Waals surface area contributed by atoms with Crippen LogP contribution < -0.4 is 11.1 Å². The first kappa shape index (κ1) is 15.5. The number of anilines is 1. The summed E-state index contributed by atoms with van der Waals surface area (Å²) < 4.78 is 0. The lowest BCUT2D eigenvalue weighted by Gasteiger charge is -2.12. The molecule has 4 heteroatoms. The zero-order valence-corrected chi connectivity index (χ0v) is 11.7. The molecule has 19 heavy (non-hydrogen) atoms. The average Bonchev–Trinajstić information content (AvgIpc) is 2.39. The Bertz CT molecular complexity index is 551. The number of fused-ring (bicyclic) bond motifs is 1. The van der Waals surface area contributed by atoms with Gasteiger partial charge in [-0.05, 0) is 17.9 Å². The molecule has 0 aromatic heterocycles. The van der Waals surface area contributed by atoms with Gasteiger partial charge in [0.05, 0.1) is 6.04 Å². The maximum atomic E-state index is 11.9. The van der Waals surface area contributed by atoms with Crippen LogP contribution in [-0.4, -0.2) is 11.9 Å². The topological polar surface area (TPSA) is 55.1 Å². The van der Waals surface area contributed by atoms with Gasteiger partial charge >= 0.3 is 0 Å². The van der Waals surface area contributed by atoms with Crippen LogP contribution in [0.2, 0.25) is 0 Å². The summed E-state index contributed by atoms with van der Waals surface area (Å²) in [4.78, 5) is 11.9. The van der Waals surface area contributed by atoms with Crippen LogP contribution in [0.15, 0.2) is 42.5 Å². The lowest BCUT2D eigenvalue weighted by atomic mass is 10.1. The number of carbonyl (C=O) groups excluding carboxylic acids is 1. The van der Waals surface area contributed by atoms with E-state index in [0.29, 0.717) is 6.42 Å². The number of nitrogens with one attached hydrogen (secondary N) is 1. The highest BCUT2D eigenvalue weighted by Crippen LogP contribution is 2.23. The molecule has 0 aliphatic heterocycles. The first-order valence-electron chi connectivity index (χ1n) is 6.26. The molecule has 0 heterocycles. The maximum absolute atomic E-state index is 11.9. The van der Waals surface area contributed by atoms with E-state index in [4.69, 9.17) is 5.73 Å². The van der Waals surface area contributed by atoms with Crippen LogP contribution in [0.3, 0.4) is 0 Å². The van der Waals surface area contributed by atoms with Crippen LogP contribution in [0.1, 0.15) is 19.8 Å². The summed E-state index contributed by atoms with van der Waals surface area (Å²) in [6.45, 7) is 2.02. The minimum Gasteiger partial charge on any atom is -0.324 e. The average molecular weight is 279 g/mol. The van der Waals surface area contributed by atoms with Crippen LogP contribution in [-0.2, 0) is 4.79 Å². The molecule has 102 valence electrons. The maximum Gasteiger partial charge on any atom is 0.241 e. The van der Waals surface area contributed by atoms with Crippen molar-refractivity contribution in [2.75, 3.05) is 5.32 Å². The lowest BCUT2D eigenvalue weighted by Crippen LogP contribution is -2.35. The van der Waals surface area contributed by atoms with Crippen molar-refractivity contribution in [1.82, 2.24) is 0 Å². The van der Waals surface area contributed by atoms with Crippen LogP contribution in [0.4, 0.5) is 5.69 Å². The molecule has 2 aromatic rings. The van der Waals surface area contributed by atoms with E-state index in [1.807, 2.05) is 49.4 Å². The van der Waals surface area contributed by atoms with Gasteiger partial charge in [0.1, 0.15) is 0 Å². The third-order valence-corrected chi connectivity index (χ3v) is 2.98. The van der Waals surface area contributed by atoms with Gasteiger partial charge < -0.3 is 11.1 Å². The molecule has 1 amide bonds. The van der Waals surface area contributed by atoms with Gasteiger partial charge in [-0.1, -0.05) is 49.7 Å². The second kappa shape index (κ2) is 7.12. The molecule has 3 nitrogen and oxygen atoms in total. The van der Waals surface area contributed by atoms with Crippen LogP contribution in [0.25, 0.3) is 10.8 Å². The van der Waals surface area contributed by atoms with Gasteiger partial charge in [0.25, 0.3) is 0 Å². The summed E-state index contributed by atoms with van der Waals surface area (Å²) in [6, 6.07) is 13.4. The van der Waals surface area contributed by atoms with Crippen molar-refractivity contribution in [2.45, 2.75) is 25.8 Å². The molecular weight excluding hydrogens is 260 g/mol. The molecule has 1 unspecified atom stereocenters. The monoisotopic (exact) mass is 278 g/mol. The first-order chi connectivity index (χ1) is 8.72. The number of carbonyl (C=O) groups is 1. The van der Waals surface area contributed by atoms with Crippen LogP contribution in [0.5, 0.6) is 0 Å². The van der Waals surface area contributed by atoms with Gasteiger partial charge in [0, 0.05) is 11.1 Å². The number of benzene rings is 2. The SMILES string of the molecule is CCCC(N)C(=O)Nc1cccc2ccccc12.Cl. The fraction of sp³-hybridized carbons (Fsp3) is 0.267. The Morgan fingerprint density at radius 1 is 1.21 bits per heavy atom. The summed E-state index contributed by atoms with van der Waals surface area (Å²) in [7, 11) is 0. The number of hydrogen-bond acceptors (Lipinski definition) is 2. The zero-order chi connectivity index (χ0) is 13.0. The third kappa shape index (κ3) is 3.69. The molecular formula is C15H19ClN2O. The second-order valence-electron chi connectivity index (χ2n) is 4.41. The Morgan fingerprint density at radius 3 is 2.63 bits per heavy atom. The van der Waals surface area contributed by atoms with Crippen molar-refractivity contribution < 1.29 is 4.79 Å². The fourth-order valence-corrected chi connectivity index (χ4v) is 2.00. The summed E-state index contributed by atoms with van der Waals surface area (Å²) in [5, 5.41) is 5.06. The molecule has 2 aromatic carbocycles. The molecule has 0 aliphatic carbocycles. The molecule has 1 atom stereocenters. The molecule has 3 N–H and O–H groups in total. The zero-order valence-electron chi connectivity index (χ0n) is 10.9. The molecule has 0 fully saturated rings.